The molecule has 14 heteroatoms. The van der Waals surface area contributed by atoms with Crippen LogP contribution in [0.5, 0.6) is 0 Å². The van der Waals surface area contributed by atoms with Gasteiger partial charge >= 0.3 is 6.18 Å². The molecule has 0 spiro atoms. The lowest BCUT2D eigenvalue weighted by Crippen LogP contribution is -2.27. The predicted octanol–water partition coefficient (Wildman–Crippen LogP) is 3.56. The molecule has 0 fully saturated rings. The molecule has 2 N–H and O–H groups in total. The summed E-state index contributed by atoms with van der Waals surface area (Å²) in [7, 11) is 0. The fourth-order valence-electron chi connectivity index (χ4n) is 2.39. The molecule has 0 bridgehead atoms. The Balaban J connectivity index is 1.69. The quantitative estimate of drug-likeness (QED) is 0.512. The second-order valence-electron chi connectivity index (χ2n) is 6.21. The van der Waals surface area contributed by atoms with E-state index >= 15 is 0 Å². The van der Waals surface area contributed by atoms with E-state index in [9.17, 15) is 27.6 Å². The van der Waals surface area contributed by atoms with Gasteiger partial charge in [0.1, 0.15) is 33.4 Å². The van der Waals surface area contributed by atoms with Crippen LogP contribution in [-0.2, 0) is 6.18 Å². The number of carbonyl (C=O) groups excluding carboxylic acids is 3. The number of rotatable bonds is 6. The number of anilines is 1. The van der Waals surface area contributed by atoms with Crippen molar-refractivity contribution in [1.29, 1.82) is 0 Å². The molecule has 9 nitrogen and oxygen atoms in total. The van der Waals surface area contributed by atoms with Gasteiger partial charge in [-0.3, -0.25) is 14.4 Å². The van der Waals surface area contributed by atoms with Crippen LogP contribution in [0.3, 0.4) is 0 Å². The van der Waals surface area contributed by atoms with Crippen LogP contribution in [0.15, 0.2) is 30.9 Å². The summed E-state index contributed by atoms with van der Waals surface area (Å²) in [5.74, 6) is -1.66. The van der Waals surface area contributed by atoms with E-state index in [4.69, 9.17) is 11.6 Å². The van der Waals surface area contributed by atoms with E-state index in [1.165, 1.54) is 12.3 Å². The predicted molar refractivity (Wildman–Crippen MR) is 108 cm³/mol. The number of amides is 2. The van der Waals surface area contributed by atoms with Gasteiger partial charge in [0, 0.05) is 6.20 Å². The zero-order chi connectivity index (χ0) is 23.5. The topological polar surface area (TPSA) is 127 Å². The monoisotopic (exact) mass is 484 g/mol. The van der Waals surface area contributed by atoms with Gasteiger partial charge in [0.05, 0.1) is 22.8 Å². The van der Waals surface area contributed by atoms with Crippen LogP contribution in [0.4, 0.5) is 19.0 Å². The van der Waals surface area contributed by atoms with Crippen molar-refractivity contribution in [3.63, 3.8) is 0 Å². The zero-order valence-corrected chi connectivity index (χ0v) is 17.5. The number of thiazole rings is 1. The molecule has 3 aromatic heterocycles. The van der Waals surface area contributed by atoms with Gasteiger partial charge in [0.15, 0.2) is 6.29 Å². The summed E-state index contributed by atoms with van der Waals surface area (Å²) >= 11 is 6.44. The molecular weight excluding hydrogens is 473 g/mol. The molecule has 3 rings (SSSR count). The van der Waals surface area contributed by atoms with Crippen LogP contribution < -0.4 is 10.6 Å². The number of alkyl halides is 3. The number of halogens is 4. The Labute approximate surface area is 187 Å². The standard InChI is InChI=1S/C18H12ClF3N6O3S/c1-8(27-15(30)12-2-9(6-29)25-7-26-12)17-24-5-13(32-17)16(31)28-14-3-10(18(20,21)22)11(19)4-23-14/h2-8H,1H3,(H,27,30)(H,23,28,31). The van der Waals surface area contributed by atoms with E-state index in [1.807, 2.05) is 0 Å². The molecule has 1 atom stereocenters. The first-order valence-electron chi connectivity index (χ1n) is 8.66. The number of carbonyl (C=O) groups is 3. The molecule has 1 unspecified atom stereocenters. The fourth-order valence-corrected chi connectivity index (χ4v) is 3.41. The summed E-state index contributed by atoms with van der Waals surface area (Å²) in [5.41, 5.74) is -1.12. The summed E-state index contributed by atoms with van der Waals surface area (Å²) in [6.45, 7) is 1.61. The van der Waals surface area contributed by atoms with Crippen LogP contribution in [0.25, 0.3) is 0 Å². The van der Waals surface area contributed by atoms with E-state index in [0.29, 0.717) is 17.4 Å². The summed E-state index contributed by atoms with van der Waals surface area (Å²) in [4.78, 5) is 50.7. The number of aromatic nitrogens is 4. The van der Waals surface area contributed by atoms with Crippen molar-refractivity contribution < 1.29 is 27.6 Å². The minimum Gasteiger partial charge on any atom is -0.342 e. The normalized spacial score (nSPS) is 12.2. The van der Waals surface area contributed by atoms with E-state index in [2.05, 4.69) is 30.6 Å². The maximum Gasteiger partial charge on any atom is 0.418 e. The third kappa shape index (κ3) is 5.42. The Morgan fingerprint density at radius 1 is 1.12 bits per heavy atom. The van der Waals surface area contributed by atoms with E-state index in [0.717, 1.165) is 23.9 Å². The van der Waals surface area contributed by atoms with Crippen molar-refractivity contribution in [3.05, 3.63) is 62.7 Å². The number of aldehydes is 1. The molecular formula is C18H12ClF3N6O3S. The van der Waals surface area contributed by atoms with Gasteiger partial charge in [-0.2, -0.15) is 13.2 Å². The Morgan fingerprint density at radius 2 is 1.88 bits per heavy atom. The highest BCUT2D eigenvalue weighted by Crippen LogP contribution is 2.35. The van der Waals surface area contributed by atoms with Gasteiger partial charge < -0.3 is 10.6 Å². The van der Waals surface area contributed by atoms with E-state index in [-0.39, 0.29) is 22.1 Å². The van der Waals surface area contributed by atoms with Crippen LogP contribution in [0.1, 0.15) is 54.2 Å². The number of nitrogens with one attached hydrogen (secondary N) is 2. The first-order valence-corrected chi connectivity index (χ1v) is 9.86. The van der Waals surface area contributed by atoms with Gasteiger partial charge in [0.25, 0.3) is 11.8 Å². The third-order valence-electron chi connectivity index (χ3n) is 3.91. The molecule has 32 heavy (non-hydrogen) atoms. The smallest absolute Gasteiger partial charge is 0.342 e. The number of hydrogen-bond acceptors (Lipinski definition) is 8. The lowest BCUT2D eigenvalue weighted by molar-refractivity contribution is -0.137. The number of nitrogens with zero attached hydrogens (tertiary/aromatic N) is 4. The van der Waals surface area contributed by atoms with Crippen LogP contribution >= 0.6 is 22.9 Å². The average molecular weight is 485 g/mol. The molecule has 0 saturated heterocycles. The zero-order valence-electron chi connectivity index (χ0n) is 16.0. The molecule has 0 aliphatic rings. The van der Waals surface area contributed by atoms with Crippen molar-refractivity contribution in [2.24, 2.45) is 0 Å². The van der Waals surface area contributed by atoms with Gasteiger partial charge in [-0.15, -0.1) is 11.3 Å². The summed E-state index contributed by atoms with van der Waals surface area (Å²) in [6, 6.07) is 1.21. The molecule has 3 aromatic rings. The van der Waals surface area contributed by atoms with Crippen LogP contribution in [0.2, 0.25) is 5.02 Å². The van der Waals surface area contributed by atoms with Crippen molar-refractivity contribution in [2.75, 3.05) is 5.32 Å². The third-order valence-corrected chi connectivity index (χ3v) is 5.39. The van der Waals surface area contributed by atoms with Crippen LogP contribution in [0, 0.1) is 0 Å². The average Bonchev–Trinajstić information content (AvgIpc) is 3.25. The van der Waals surface area contributed by atoms with Crippen molar-refractivity contribution in [2.45, 2.75) is 19.1 Å². The number of hydrogen-bond donors (Lipinski definition) is 2. The Hall–Kier alpha value is -3.45. The molecule has 2 amide bonds. The van der Waals surface area contributed by atoms with Gasteiger partial charge in [-0.25, -0.2) is 19.9 Å². The Morgan fingerprint density at radius 3 is 2.56 bits per heavy atom. The van der Waals surface area contributed by atoms with Gasteiger partial charge in [-0.1, -0.05) is 11.6 Å². The highest BCUT2D eigenvalue weighted by atomic mass is 35.5. The highest BCUT2D eigenvalue weighted by Gasteiger charge is 2.34. The SMILES string of the molecule is CC(NC(=O)c1cc(C=O)ncn1)c1ncc(C(=O)Nc2cc(C(F)(F)F)c(Cl)cn2)s1. The fraction of sp³-hybridized carbons (Fsp3) is 0.167. The minimum absolute atomic E-state index is 0.0299. The van der Waals surface area contributed by atoms with E-state index < -0.39 is 34.6 Å². The van der Waals surface area contributed by atoms with Crippen molar-refractivity contribution >= 4 is 46.9 Å². The first-order chi connectivity index (χ1) is 15.1. The number of pyridine rings is 1. The summed E-state index contributed by atoms with van der Waals surface area (Å²) < 4.78 is 38.9. The lowest BCUT2D eigenvalue weighted by atomic mass is 10.2. The Bertz CT molecular complexity index is 1190. The molecule has 0 saturated carbocycles. The molecule has 0 radical (unpaired) electrons. The maximum absolute atomic E-state index is 13.0. The molecule has 0 aliphatic carbocycles. The van der Waals surface area contributed by atoms with Crippen molar-refractivity contribution in [3.8, 4) is 0 Å². The van der Waals surface area contributed by atoms with Gasteiger partial charge in [-0.05, 0) is 19.1 Å². The van der Waals surface area contributed by atoms with Crippen LogP contribution in [-0.4, -0.2) is 38.0 Å². The second kappa shape index (κ2) is 9.36. The lowest BCUT2D eigenvalue weighted by Gasteiger charge is -2.11. The molecule has 0 aliphatic heterocycles. The molecule has 166 valence electrons. The maximum atomic E-state index is 13.0. The molecule has 3 heterocycles. The summed E-state index contributed by atoms with van der Waals surface area (Å²) in [6.07, 6.45) is -1.15. The second-order valence-corrected chi connectivity index (χ2v) is 7.67. The minimum atomic E-state index is -4.71. The first kappa shape index (κ1) is 23.2. The largest absolute Gasteiger partial charge is 0.418 e. The van der Waals surface area contributed by atoms with Gasteiger partial charge in [0.2, 0.25) is 0 Å². The van der Waals surface area contributed by atoms with E-state index in [1.54, 1.807) is 6.92 Å². The Kier molecular flexibility index (Phi) is 6.79. The van der Waals surface area contributed by atoms with Crippen molar-refractivity contribution in [1.82, 2.24) is 25.3 Å². The molecule has 0 aromatic carbocycles. The highest BCUT2D eigenvalue weighted by molar-refractivity contribution is 7.13. The summed E-state index contributed by atoms with van der Waals surface area (Å²) in [5, 5.41) is 4.63.